The number of halogens is 3. The second-order valence-corrected chi connectivity index (χ2v) is 3.84. The van der Waals surface area contributed by atoms with Gasteiger partial charge in [-0.2, -0.15) is 0 Å². The Morgan fingerprint density at radius 1 is 1.23 bits per heavy atom. The predicted octanol–water partition coefficient (Wildman–Crippen LogP) is 3.92. The predicted molar refractivity (Wildman–Crippen MR) is 51.3 cm³/mol. The lowest BCUT2D eigenvalue weighted by molar-refractivity contribution is 0.618. The Morgan fingerprint density at radius 3 is 2.69 bits per heavy atom. The Labute approximate surface area is 82.8 Å². The van der Waals surface area contributed by atoms with E-state index in [9.17, 15) is 8.78 Å². The first-order valence-corrected chi connectivity index (χ1v) is 5.05. The van der Waals surface area contributed by atoms with Crippen molar-refractivity contribution in [2.75, 3.05) is 0 Å². The zero-order valence-electron chi connectivity index (χ0n) is 6.48. The van der Waals surface area contributed by atoms with Gasteiger partial charge in [-0.3, -0.25) is 0 Å². The number of rotatable bonds is 1. The van der Waals surface area contributed by atoms with Crippen molar-refractivity contribution in [3.63, 3.8) is 0 Å². The highest BCUT2D eigenvalue weighted by Gasteiger charge is 2.08. The summed E-state index contributed by atoms with van der Waals surface area (Å²) in [6, 6.07) is 2.78. The van der Waals surface area contributed by atoms with Gasteiger partial charge in [0.1, 0.15) is 11.6 Å². The van der Waals surface area contributed by atoms with Crippen molar-refractivity contribution in [3.05, 3.63) is 34.7 Å². The second-order valence-electron chi connectivity index (χ2n) is 2.66. The maximum Gasteiger partial charge on any atom is 0.141 e. The molecule has 0 amide bonds. The van der Waals surface area contributed by atoms with Gasteiger partial charge in [0.15, 0.2) is 0 Å². The molecule has 0 atom stereocenters. The number of hydrogen-bond donors (Lipinski definition) is 0. The van der Waals surface area contributed by atoms with Gasteiger partial charge in [-0.1, -0.05) is 0 Å². The fourth-order valence-corrected chi connectivity index (χ4v) is 2.18. The van der Waals surface area contributed by atoms with E-state index in [1.165, 1.54) is 28.8 Å². The van der Waals surface area contributed by atoms with Gasteiger partial charge in [0.05, 0.1) is 5.88 Å². The molecule has 68 valence electrons. The van der Waals surface area contributed by atoms with Gasteiger partial charge in [-0.25, -0.2) is 8.78 Å². The first-order valence-electron chi connectivity index (χ1n) is 3.63. The first-order chi connectivity index (χ1) is 6.22. The summed E-state index contributed by atoms with van der Waals surface area (Å²) in [5, 5.41) is 1.81. The van der Waals surface area contributed by atoms with Crippen LogP contribution < -0.4 is 0 Å². The molecule has 0 unspecified atom stereocenters. The molecule has 0 bridgehead atoms. The SMILES string of the molecule is Fc1cc2scc(F)c2cc1CCl. The molecule has 0 aliphatic carbocycles. The van der Waals surface area contributed by atoms with E-state index in [1.54, 1.807) is 0 Å². The van der Waals surface area contributed by atoms with Crippen LogP contribution in [0.2, 0.25) is 0 Å². The Morgan fingerprint density at radius 2 is 2.00 bits per heavy atom. The van der Waals surface area contributed by atoms with Crippen molar-refractivity contribution in [3.8, 4) is 0 Å². The minimum atomic E-state index is -0.371. The van der Waals surface area contributed by atoms with Crippen molar-refractivity contribution < 1.29 is 8.78 Å². The van der Waals surface area contributed by atoms with Crippen LogP contribution in [0.4, 0.5) is 8.78 Å². The van der Waals surface area contributed by atoms with Gasteiger partial charge in [0, 0.05) is 21.0 Å². The van der Waals surface area contributed by atoms with E-state index < -0.39 is 0 Å². The summed E-state index contributed by atoms with van der Waals surface area (Å²) in [6.45, 7) is 0. The quantitative estimate of drug-likeness (QED) is 0.637. The van der Waals surface area contributed by atoms with E-state index in [4.69, 9.17) is 11.6 Å². The molecular weight excluding hydrogens is 214 g/mol. The summed E-state index contributed by atoms with van der Waals surface area (Å²) in [6.07, 6.45) is 0. The Hall–Kier alpha value is -0.670. The van der Waals surface area contributed by atoms with Crippen LogP contribution in [0.25, 0.3) is 10.1 Å². The van der Waals surface area contributed by atoms with Crippen LogP contribution in [0, 0.1) is 11.6 Å². The van der Waals surface area contributed by atoms with Crippen molar-refractivity contribution >= 4 is 33.0 Å². The van der Waals surface area contributed by atoms with E-state index in [1.807, 2.05) is 0 Å². The molecule has 0 radical (unpaired) electrons. The third-order valence-corrected chi connectivity index (χ3v) is 3.04. The van der Waals surface area contributed by atoms with Crippen LogP contribution in [0.3, 0.4) is 0 Å². The Kier molecular flexibility index (Phi) is 2.22. The molecule has 0 saturated heterocycles. The molecule has 0 nitrogen and oxygen atoms in total. The molecule has 1 aromatic heterocycles. The minimum Gasteiger partial charge on any atom is -0.207 e. The monoisotopic (exact) mass is 218 g/mol. The van der Waals surface area contributed by atoms with E-state index in [0.29, 0.717) is 15.6 Å². The molecule has 2 rings (SSSR count). The summed E-state index contributed by atoms with van der Waals surface area (Å²) in [5.74, 6) is -0.618. The number of fused-ring (bicyclic) bond motifs is 1. The zero-order valence-corrected chi connectivity index (χ0v) is 8.05. The third kappa shape index (κ3) is 1.42. The highest BCUT2D eigenvalue weighted by molar-refractivity contribution is 7.17. The van der Waals surface area contributed by atoms with Crippen LogP contribution in [-0.4, -0.2) is 0 Å². The summed E-state index contributed by atoms with van der Waals surface area (Å²) in [7, 11) is 0. The lowest BCUT2D eigenvalue weighted by Gasteiger charge is -1.98. The average Bonchev–Trinajstić information content (AvgIpc) is 2.46. The molecule has 0 spiro atoms. The van der Waals surface area contributed by atoms with Crippen LogP contribution in [0.5, 0.6) is 0 Å². The largest absolute Gasteiger partial charge is 0.207 e. The molecule has 1 aromatic carbocycles. The zero-order chi connectivity index (χ0) is 9.42. The Bertz CT molecular complexity index is 450. The molecule has 0 saturated carbocycles. The summed E-state index contributed by atoms with van der Waals surface area (Å²) in [4.78, 5) is 0. The molecule has 1 heterocycles. The number of hydrogen-bond acceptors (Lipinski definition) is 1. The maximum absolute atomic E-state index is 13.1. The van der Waals surface area contributed by atoms with Crippen molar-refractivity contribution in [1.29, 1.82) is 0 Å². The lowest BCUT2D eigenvalue weighted by atomic mass is 10.2. The normalized spacial score (nSPS) is 11.0. The average molecular weight is 219 g/mol. The molecule has 0 N–H and O–H groups in total. The lowest BCUT2D eigenvalue weighted by Crippen LogP contribution is -1.85. The molecule has 0 fully saturated rings. The molecule has 0 aliphatic heterocycles. The van der Waals surface area contributed by atoms with E-state index >= 15 is 0 Å². The number of alkyl halides is 1. The molecular formula is C9H5ClF2S. The van der Waals surface area contributed by atoms with Gasteiger partial charge in [0.25, 0.3) is 0 Å². The fraction of sp³-hybridized carbons (Fsp3) is 0.111. The number of thiophene rings is 1. The van der Waals surface area contributed by atoms with Crippen molar-refractivity contribution in [1.82, 2.24) is 0 Å². The van der Waals surface area contributed by atoms with Gasteiger partial charge >= 0.3 is 0 Å². The van der Waals surface area contributed by atoms with Crippen LogP contribution in [0.15, 0.2) is 17.5 Å². The minimum absolute atomic E-state index is 0.0665. The van der Waals surface area contributed by atoms with Crippen molar-refractivity contribution in [2.45, 2.75) is 5.88 Å². The summed E-state index contributed by atoms with van der Waals surface area (Å²) in [5.41, 5.74) is 0.339. The van der Waals surface area contributed by atoms with Gasteiger partial charge in [0.2, 0.25) is 0 Å². The second kappa shape index (κ2) is 3.24. The highest BCUT2D eigenvalue weighted by Crippen LogP contribution is 2.27. The van der Waals surface area contributed by atoms with E-state index in [-0.39, 0.29) is 17.5 Å². The summed E-state index contributed by atoms with van der Waals surface area (Å²) >= 11 is 6.68. The van der Waals surface area contributed by atoms with Crippen LogP contribution >= 0.6 is 22.9 Å². The highest BCUT2D eigenvalue weighted by atomic mass is 35.5. The maximum atomic E-state index is 13.1. The standard InChI is InChI=1S/C9H5ClF2S/c10-3-5-1-6-8(12)4-13-9(6)2-7(5)11/h1-2,4H,3H2. The third-order valence-electron chi connectivity index (χ3n) is 1.84. The van der Waals surface area contributed by atoms with Gasteiger partial charge in [-0.15, -0.1) is 22.9 Å². The fourth-order valence-electron chi connectivity index (χ4n) is 1.17. The first kappa shape index (κ1) is 8.91. The summed E-state index contributed by atoms with van der Waals surface area (Å²) < 4.78 is 26.8. The van der Waals surface area contributed by atoms with E-state index in [0.717, 1.165) is 0 Å². The Balaban J connectivity index is 2.77. The van der Waals surface area contributed by atoms with E-state index in [2.05, 4.69) is 0 Å². The molecule has 0 aliphatic rings. The smallest absolute Gasteiger partial charge is 0.141 e. The topological polar surface area (TPSA) is 0 Å². The molecule has 4 heteroatoms. The van der Waals surface area contributed by atoms with Gasteiger partial charge < -0.3 is 0 Å². The molecule has 2 aromatic rings. The molecule has 13 heavy (non-hydrogen) atoms. The van der Waals surface area contributed by atoms with Crippen LogP contribution in [-0.2, 0) is 5.88 Å². The number of benzene rings is 1. The van der Waals surface area contributed by atoms with Crippen LogP contribution in [0.1, 0.15) is 5.56 Å². The van der Waals surface area contributed by atoms with Crippen molar-refractivity contribution in [2.24, 2.45) is 0 Å². The van der Waals surface area contributed by atoms with Gasteiger partial charge in [-0.05, 0) is 12.1 Å².